The van der Waals surface area contributed by atoms with E-state index in [2.05, 4.69) is 24.4 Å². The van der Waals surface area contributed by atoms with Crippen LogP contribution < -0.4 is 5.32 Å². The van der Waals surface area contributed by atoms with E-state index in [1.165, 1.54) is 77.0 Å². The van der Waals surface area contributed by atoms with Gasteiger partial charge in [-0.1, -0.05) is 76.9 Å². The predicted molar refractivity (Wildman–Crippen MR) is 111 cm³/mol. The molecule has 27 heavy (non-hydrogen) atoms. The molecule has 0 saturated carbocycles. The van der Waals surface area contributed by atoms with Gasteiger partial charge in [-0.2, -0.15) is 0 Å². The summed E-state index contributed by atoms with van der Waals surface area (Å²) in [7, 11) is 0. The van der Waals surface area contributed by atoms with Gasteiger partial charge in [0.25, 0.3) is 0 Å². The molecule has 0 bridgehead atoms. The monoisotopic (exact) mass is 385 g/mol. The van der Waals surface area contributed by atoms with Gasteiger partial charge in [0.2, 0.25) is 5.91 Å². The molecule has 5 heteroatoms. The predicted octanol–water partition coefficient (Wildman–Crippen LogP) is 4.82. The summed E-state index contributed by atoms with van der Waals surface area (Å²) in [5.74, 6) is -2.50. The van der Waals surface area contributed by atoms with Crippen molar-refractivity contribution in [2.75, 3.05) is 13.2 Å². The highest BCUT2D eigenvalue weighted by molar-refractivity contribution is 5.71. The Labute approximate surface area is 166 Å². The first-order chi connectivity index (χ1) is 13.0. The maximum atomic E-state index is 11.3. The van der Waals surface area contributed by atoms with E-state index in [4.69, 9.17) is 14.9 Å². The average molecular weight is 386 g/mol. The van der Waals surface area contributed by atoms with Crippen molar-refractivity contribution in [2.24, 2.45) is 0 Å². The summed E-state index contributed by atoms with van der Waals surface area (Å²) in [6, 6.07) is 0. The fourth-order valence-electron chi connectivity index (χ4n) is 2.83. The molecule has 5 nitrogen and oxygen atoms in total. The first-order valence-corrected chi connectivity index (χ1v) is 11.0. The van der Waals surface area contributed by atoms with Crippen molar-refractivity contribution in [3.8, 4) is 0 Å². The lowest BCUT2D eigenvalue weighted by Gasteiger charge is -2.16. The average Bonchev–Trinajstić information content (AvgIpc) is 2.62. The minimum Gasteiger partial charge on any atom is -0.465 e. The van der Waals surface area contributed by atoms with Crippen LogP contribution in [0.25, 0.3) is 0 Å². The van der Waals surface area contributed by atoms with Crippen molar-refractivity contribution in [1.29, 1.82) is 0 Å². The highest BCUT2D eigenvalue weighted by atomic mass is 16.5. The molecule has 0 aliphatic rings. The number of nitrogens with one attached hydrogen (secondary N) is 1. The minimum atomic E-state index is -2.04. The third kappa shape index (κ3) is 23.1. The molecule has 0 atom stereocenters. The molecule has 0 unspecified atom stereocenters. The summed E-state index contributed by atoms with van der Waals surface area (Å²) < 4.78 is 5.02. The number of hydrogen-bond donors (Lipinski definition) is 3. The van der Waals surface area contributed by atoms with E-state index >= 15 is 0 Å². The molecule has 0 radical (unpaired) electrons. The number of carbonyl (C=O) groups excluding carboxylic acids is 1. The van der Waals surface area contributed by atoms with Gasteiger partial charge in [-0.05, 0) is 32.1 Å². The van der Waals surface area contributed by atoms with Crippen LogP contribution in [0, 0.1) is 0 Å². The van der Waals surface area contributed by atoms with Crippen LogP contribution in [0.2, 0.25) is 0 Å². The standard InChI is InChI=1S/C22H43NO4/c1-3-4-5-6-7-8-9-10-11-12-13-14-15-16-17-18-19-27-21(24)20-23-22(2,25)26/h10-11,23,25-26H,3-9,12-20H2,1-2H3/b11-10-. The Bertz CT molecular complexity index is 364. The molecule has 0 aromatic rings. The Morgan fingerprint density at radius 3 is 1.85 bits per heavy atom. The zero-order valence-electron chi connectivity index (χ0n) is 17.7. The smallest absolute Gasteiger partial charge is 0.320 e. The SMILES string of the molecule is CCCCCCCC/C=C\CCCCCCCCOC(=O)CNC(C)(O)O. The molecular weight excluding hydrogens is 342 g/mol. The molecule has 0 saturated heterocycles. The van der Waals surface area contributed by atoms with Crippen molar-refractivity contribution in [3.05, 3.63) is 12.2 Å². The second-order valence-corrected chi connectivity index (χ2v) is 7.53. The van der Waals surface area contributed by atoms with Gasteiger partial charge in [0.1, 0.15) is 0 Å². The number of hydrogen-bond acceptors (Lipinski definition) is 5. The number of ether oxygens (including phenoxy) is 1. The molecular formula is C22H43NO4. The number of esters is 1. The highest BCUT2D eigenvalue weighted by Crippen LogP contribution is 2.10. The van der Waals surface area contributed by atoms with Crippen molar-refractivity contribution >= 4 is 5.97 Å². The van der Waals surface area contributed by atoms with Gasteiger partial charge < -0.3 is 14.9 Å². The molecule has 160 valence electrons. The second kappa shape index (κ2) is 18.5. The van der Waals surface area contributed by atoms with Crippen LogP contribution in [0.3, 0.4) is 0 Å². The van der Waals surface area contributed by atoms with Crippen LogP contribution in [0.1, 0.15) is 104 Å². The summed E-state index contributed by atoms with van der Waals surface area (Å²) in [5.41, 5.74) is 0. The highest BCUT2D eigenvalue weighted by Gasteiger charge is 2.15. The zero-order chi connectivity index (χ0) is 20.2. The van der Waals surface area contributed by atoms with Crippen LogP contribution in [0.5, 0.6) is 0 Å². The lowest BCUT2D eigenvalue weighted by atomic mass is 10.1. The topological polar surface area (TPSA) is 78.8 Å². The molecule has 0 heterocycles. The number of allylic oxidation sites excluding steroid dienone is 2. The third-order valence-electron chi connectivity index (χ3n) is 4.49. The zero-order valence-corrected chi connectivity index (χ0v) is 17.7. The molecule has 0 amide bonds. The van der Waals surface area contributed by atoms with E-state index in [1.807, 2.05) is 0 Å². The van der Waals surface area contributed by atoms with Gasteiger partial charge >= 0.3 is 5.97 Å². The van der Waals surface area contributed by atoms with Gasteiger partial charge in [0.05, 0.1) is 13.2 Å². The lowest BCUT2D eigenvalue weighted by Crippen LogP contribution is -2.44. The van der Waals surface area contributed by atoms with Crippen LogP contribution >= 0.6 is 0 Å². The van der Waals surface area contributed by atoms with Crippen molar-refractivity contribution in [3.63, 3.8) is 0 Å². The van der Waals surface area contributed by atoms with E-state index in [0.717, 1.165) is 19.8 Å². The maximum Gasteiger partial charge on any atom is 0.320 e. The molecule has 3 N–H and O–H groups in total. The Balaban J connectivity index is 3.22. The molecule has 0 spiro atoms. The quantitative estimate of drug-likeness (QED) is 0.129. The summed E-state index contributed by atoms with van der Waals surface area (Å²) in [6.07, 6.45) is 22.1. The fourth-order valence-corrected chi connectivity index (χ4v) is 2.83. The van der Waals surface area contributed by atoms with Crippen LogP contribution in [0.4, 0.5) is 0 Å². The van der Waals surface area contributed by atoms with Crippen molar-refractivity contribution in [2.45, 2.75) is 110 Å². The van der Waals surface area contributed by atoms with E-state index < -0.39 is 11.9 Å². The first kappa shape index (κ1) is 26.1. The molecule has 0 rings (SSSR count). The summed E-state index contributed by atoms with van der Waals surface area (Å²) in [4.78, 5) is 11.3. The molecule has 0 aliphatic carbocycles. The normalized spacial score (nSPS) is 12.0. The van der Waals surface area contributed by atoms with E-state index in [9.17, 15) is 4.79 Å². The Morgan fingerprint density at radius 1 is 0.852 bits per heavy atom. The number of unbranched alkanes of at least 4 members (excludes halogenated alkanes) is 12. The minimum absolute atomic E-state index is 0.199. The molecule has 0 aromatic carbocycles. The number of rotatable bonds is 19. The van der Waals surface area contributed by atoms with Gasteiger partial charge in [0, 0.05) is 6.92 Å². The molecule has 0 aliphatic heterocycles. The van der Waals surface area contributed by atoms with E-state index in [1.54, 1.807) is 0 Å². The Kier molecular flexibility index (Phi) is 17.8. The largest absolute Gasteiger partial charge is 0.465 e. The van der Waals surface area contributed by atoms with Gasteiger partial charge in [-0.15, -0.1) is 0 Å². The van der Waals surface area contributed by atoms with Gasteiger partial charge in [-0.25, -0.2) is 0 Å². The number of aliphatic hydroxyl groups is 2. The summed E-state index contributed by atoms with van der Waals surface area (Å²) in [5, 5.41) is 20.3. The number of carbonyl (C=O) groups is 1. The van der Waals surface area contributed by atoms with Crippen molar-refractivity contribution in [1.82, 2.24) is 5.32 Å². The van der Waals surface area contributed by atoms with E-state index in [0.29, 0.717) is 6.61 Å². The van der Waals surface area contributed by atoms with E-state index in [-0.39, 0.29) is 6.54 Å². The van der Waals surface area contributed by atoms with Gasteiger partial charge in [-0.3, -0.25) is 10.1 Å². The lowest BCUT2D eigenvalue weighted by molar-refractivity contribution is -0.176. The maximum absolute atomic E-state index is 11.3. The van der Waals surface area contributed by atoms with Crippen LogP contribution in [-0.4, -0.2) is 35.2 Å². The Morgan fingerprint density at radius 2 is 1.33 bits per heavy atom. The Hall–Kier alpha value is -0.910. The third-order valence-corrected chi connectivity index (χ3v) is 4.49. The fraction of sp³-hybridized carbons (Fsp3) is 0.864. The van der Waals surface area contributed by atoms with Crippen molar-refractivity contribution < 1.29 is 19.7 Å². The van der Waals surface area contributed by atoms with Crippen LogP contribution in [0.15, 0.2) is 12.2 Å². The van der Waals surface area contributed by atoms with Crippen LogP contribution in [-0.2, 0) is 9.53 Å². The summed E-state index contributed by atoms with van der Waals surface area (Å²) >= 11 is 0. The second-order valence-electron chi connectivity index (χ2n) is 7.53. The van der Waals surface area contributed by atoms with Gasteiger partial charge in [0.15, 0.2) is 0 Å². The molecule has 0 fully saturated rings. The molecule has 0 aromatic heterocycles. The summed E-state index contributed by atoms with van der Waals surface area (Å²) in [6.45, 7) is 3.62. The first-order valence-electron chi connectivity index (χ1n) is 11.0.